The summed E-state index contributed by atoms with van der Waals surface area (Å²) in [6.07, 6.45) is 9.23. The highest BCUT2D eigenvalue weighted by molar-refractivity contribution is 5.87. The lowest BCUT2D eigenvalue weighted by Gasteiger charge is -2.55. The van der Waals surface area contributed by atoms with Crippen LogP contribution in [0.5, 0.6) is 0 Å². The quantitative estimate of drug-likeness (QED) is 0.693. The highest BCUT2D eigenvalue weighted by atomic mass is 16.7. The van der Waals surface area contributed by atoms with Gasteiger partial charge in [0, 0.05) is 30.6 Å². The van der Waals surface area contributed by atoms with Crippen molar-refractivity contribution in [2.75, 3.05) is 13.2 Å². The van der Waals surface area contributed by atoms with E-state index in [1.165, 1.54) is 5.57 Å². The second kappa shape index (κ2) is 4.93. The number of ether oxygens (including phenoxy) is 2. The Morgan fingerprint density at radius 3 is 2.75 bits per heavy atom. The van der Waals surface area contributed by atoms with Gasteiger partial charge >= 0.3 is 0 Å². The highest BCUT2D eigenvalue weighted by Gasteiger charge is 2.60. The Kier molecular flexibility index (Phi) is 3.19. The molecule has 0 radical (unpaired) electrons. The van der Waals surface area contributed by atoms with Gasteiger partial charge in [0.15, 0.2) is 5.79 Å². The van der Waals surface area contributed by atoms with Gasteiger partial charge in [-0.1, -0.05) is 18.6 Å². The molecular weight excluding hydrogens is 304 g/mol. The molecule has 0 aromatic heterocycles. The number of Topliss-reactive ketones (excluding diaryl/α,β-unsaturated/α-hetero) is 1. The Morgan fingerprint density at radius 2 is 1.96 bits per heavy atom. The molecule has 3 saturated carbocycles. The van der Waals surface area contributed by atoms with Gasteiger partial charge in [-0.2, -0.15) is 0 Å². The van der Waals surface area contributed by atoms with Crippen LogP contribution in [-0.2, 0) is 14.3 Å². The molecule has 0 amide bonds. The van der Waals surface area contributed by atoms with Crippen molar-refractivity contribution < 1.29 is 19.4 Å². The molecule has 132 valence electrons. The van der Waals surface area contributed by atoms with Crippen LogP contribution >= 0.6 is 0 Å². The average molecular weight is 332 g/mol. The number of fused-ring (bicyclic) bond motifs is 5. The summed E-state index contributed by atoms with van der Waals surface area (Å²) in [5.41, 5.74) is 0.618. The summed E-state index contributed by atoms with van der Waals surface area (Å²) < 4.78 is 11.8. The maximum absolute atomic E-state index is 12.4. The molecule has 1 aliphatic heterocycles. The molecule has 4 heteroatoms. The zero-order chi connectivity index (χ0) is 16.6. The van der Waals surface area contributed by atoms with Gasteiger partial charge in [-0.15, -0.1) is 0 Å². The van der Waals surface area contributed by atoms with Crippen molar-refractivity contribution in [2.24, 2.45) is 23.2 Å². The summed E-state index contributed by atoms with van der Waals surface area (Å²) in [5.74, 6) is 1.14. The molecule has 5 aliphatic rings. The van der Waals surface area contributed by atoms with Crippen molar-refractivity contribution in [3.05, 3.63) is 11.6 Å². The van der Waals surface area contributed by atoms with E-state index in [2.05, 4.69) is 13.0 Å². The molecule has 1 N–H and O–H groups in total. The molecule has 4 nitrogen and oxygen atoms in total. The lowest BCUT2D eigenvalue weighted by molar-refractivity contribution is -0.235. The average Bonchev–Trinajstić information content (AvgIpc) is 3.11. The number of allylic oxidation sites excluding steroid dienone is 1. The van der Waals surface area contributed by atoms with E-state index < -0.39 is 11.4 Å². The fourth-order valence-corrected chi connectivity index (χ4v) is 6.69. The summed E-state index contributed by atoms with van der Waals surface area (Å²) in [6.45, 7) is 3.47. The van der Waals surface area contributed by atoms with Crippen LogP contribution in [0.25, 0.3) is 0 Å². The molecule has 5 rings (SSSR count). The summed E-state index contributed by atoms with van der Waals surface area (Å²) in [5, 5.41) is 11.4. The third-order valence-corrected chi connectivity index (χ3v) is 7.96. The Balaban J connectivity index is 1.46. The number of carbonyl (C=O) groups is 1. The second-order valence-electron chi connectivity index (χ2n) is 9.02. The van der Waals surface area contributed by atoms with E-state index in [0.29, 0.717) is 37.3 Å². The minimum absolute atomic E-state index is 0.142. The standard InChI is InChI=1S/C20H28O4/c1-18-7-4-14-13(15(18)2-3-17(18)21)5-8-19(22)12-20(9-6-16(14)19)23-10-11-24-20/h4,13,15-16,22H,2-3,5-12H2,1H3/t13?,15?,16?,18?,19-/m1/s1. The summed E-state index contributed by atoms with van der Waals surface area (Å²) in [6, 6.07) is 0. The number of carbonyl (C=O) groups excluding carboxylic acids is 1. The summed E-state index contributed by atoms with van der Waals surface area (Å²) in [4.78, 5) is 12.4. The topological polar surface area (TPSA) is 55.8 Å². The molecular formula is C20H28O4. The summed E-state index contributed by atoms with van der Waals surface area (Å²) >= 11 is 0. The number of rotatable bonds is 0. The lowest BCUT2D eigenvalue weighted by Crippen LogP contribution is -2.56. The predicted octanol–water partition coefficient (Wildman–Crippen LogP) is 2.99. The van der Waals surface area contributed by atoms with Gasteiger partial charge < -0.3 is 14.6 Å². The SMILES string of the molecule is CC12CC=C3C(CC[C@@]4(O)CC5(CCC34)OCCO5)C1CCC2=O. The van der Waals surface area contributed by atoms with Crippen molar-refractivity contribution in [3.8, 4) is 0 Å². The van der Waals surface area contributed by atoms with E-state index in [1.807, 2.05) is 0 Å². The van der Waals surface area contributed by atoms with Crippen LogP contribution in [-0.4, -0.2) is 35.5 Å². The van der Waals surface area contributed by atoms with Gasteiger partial charge in [0.05, 0.1) is 18.8 Å². The maximum atomic E-state index is 12.4. The van der Waals surface area contributed by atoms with Crippen molar-refractivity contribution in [2.45, 2.75) is 69.7 Å². The zero-order valence-corrected chi connectivity index (χ0v) is 14.6. The second-order valence-corrected chi connectivity index (χ2v) is 9.02. The van der Waals surface area contributed by atoms with Crippen LogP contribution < -0.4 is 0 Å². The van der Waals surface area contributed by atoms with Gasteiger partial charge in [-0.05, 0) is 43.9 Å². The van der Waals surface area contributed by atoms with Gasteiger partial charge in [0.25, 0.3) is 0 Å². The third-order valence-electron chi connectivity index (χ3n) is 7.96. The highest BCUT2D eigenvalue weighted by Crippen LogP contribution is 2.61. The molecule has 5 atom stereocenters. The Bertz CT molecular complexity index is 605. The van der Waals surface area contributed by atoms with E-state index >= 15 is 0 Å². The van der Waals surface area contributed by atoms with Crippen LogP contribution in [0.4, 0.5) is 0 Å². The minimum Gasteiger partial charge on any atom is -0.389 e. The van der Waals surface area contributed by atoms with Crippen LogP contribution in [0.2, 0.25) is 0 Å². The largest absolute Gasteiger partial charge is 0.389 e. The van der Waals surface area contributed by atoms with E-state index in [4.69, 9.17) is 9.47 Å². The van der Waals surface area contributed by atoms with Gasteiger partial charge in [-0.25, -0.2) is 0 Å². The van der Waals surface area contributed by atoms with E-state index in [-0.39, 0.29) is 11.3 Å². The van der Waals surface area contributed by atoms with Crippen LogP contribution in [0, 0.1) is 23.2 Å². The monoisotopic (exact) mass is 332 g/mol. The molecule has 1 saturated heterocycles. The van der Waals surface area contributed by atoms with Crippen molar-refractivity contribution in [1.82, 2.24) is 0 Å². The van der Waals surface area contributed by atoms with Crippen LogP contribution in [0.1, 0.15) is 58.3 Å². The zero-order valence-electron chi connectivity index (χ0n) is 14.6. The van der Waals surface area contributed by atoms with Crippen molar-refractivity contribution in [3.63, 3.8) is 0 Å². The molecule has 1 spiro atoms. The molecule has 1 heterocycles. The van der Waals surface area contributed by atoms with Crippen molar-refractivity contribution in [1.29, 1.82) is 0 Å². The first-order valence-corrected chi connectivity index (χ1v) is 9.69. The number of ketones is 1. The molecule has 4 aliphatic carbocycles. The Morgan fingerprint density at radius 1 is 1.17 bits per heavy atom. The number of hydrogen-bond acceptors (Lipinski definition) is 4. The normalized spacial score (nSPS) is 49.5. The van der Waals surface area contributed by atoms with Gasteiger partial charge in [-0.3, -0.25) is 4.79 Å². The molecule has 4 fully saturated rings. The molecule has 24 heavy (non-hydrogen) atoms. The molecule has 4 unspecified atom stereocenters. The Labute approximate surface area is 143 Å². The first-order chi connectivity index (χ1) is 11.5. The third kappa shape index (κ3) is 1.94. The molecule has 0 aromatic carbocycles. The fourth-order valence-electron chi connectivity index (χ4n) is 6.69. The Hall–Kier alpha value is -0.710. The first kappa shape index (κ1) is 15.5. The van der Waals surface area contributed by atoms with Crippen molar-refractivity contribution >= 4 is 5.78 Å². The minimum atomic E-state index is -0.693. The van der Waals surface area contributed by atoms with E-state index in [0.717, 1.165) is 44.9 Å². The fraction of sp³-hybridized carbons (Fsp3) is 0.850. The summed E-state index contributed by atoms with van der Waals surface area (Å²) in [7, 11) is 0. The predicted molar refractivity (Wildman–Crippen MR) is 88.2 cm³/mol. The lowest BCUT2D eigenvalue weighted by atomic mass is 9.53. The first-order valence-electron chi connectivity index (χ1n) is 9.69. The van der Waals surface area contributed by atoms with Crippen LogP contribution in [0.3, 0.4) is 0 Å². The van der Waals surface area contributed by atoms with E-state index in [1.54, 1.807) is 0 Å². The van der Waals surface area contributed by atoms with Gasteiger partial charge in [0.1, 0.15) is 5.78 Å². The number of hydrogen-bond donors (Lipinski definition) is 1. The van der Waals surface area contributed by atoms with Gasteiger partial charge in [0.2, 0.25) is 0 Å². The number of aliphatic hydroxyl groups is 1. The maximum Gasteiger partial charge on any atom is 0.171 e. The molecule has 0 bridgehead atoms. The molecule has 0 aromatic rings. The smallest absolute Gasteiger partial charge is 0.171 e. The van der Waals surface area contributed by atoms with E-state index in [9.17, 15) is 9.90 Å². The van der Waals surface area contributed by atoms with Crippen LogP contribution in [0.15, 0.2) is 11.6 Å².